The van der Waals surface area contributed by atoms with Gasteiger partial charge in [0.2, 0.25) is 0 Å². The molecule has 0 saturated carbocycles. The minimum atomic E-state index is -4.59. The van der Waals surface area contributed by atoms with Crippen LogP contribution in [0.5, 0.6) is 5.75 Å². The third-order valence-electron chi connectivity index (χ3n) is 5.69. The summed E-state index contributed by atoms with van der Waals surface area (Å²) in [5.41, 5.74) is -2.23. The van der Waals surface area contributed by atoms with E-state index in [1.54, 1.807) is 0 Å². The minimum absolute atomic E-state index is 0.105. The summed E-state index contributed by atoms with van der Waals surface area (Å²) < 4.78 is 103. The van der Waals surface area contributed by atoms with Crippen molar-refractivity contribution in [3.8, 4) is 16.9 Å². The van der Waals surface area contributed by atoms with Crippen LogP contribution in [-0.4, -0.2) is 13.2 Å². The second kappa shape index (κ2) is 10.7. The van der Waals surface area contributed by atoms with Gasteiger partial charge >= 0.3 is 6.11 Å². The molecule has 36 heavy (non-hydrogen) atoms. The SMILES string of the molecule is CCCC1COC(c2cc(F)c(C(F)(F)Oc3cc(F)c(-c4ccc(Cl)cc4)c(F)c3)c(F)c2)OC1. The van der Waals surface area contributed by atoms with Crippen LogP contribution in [0, 0.1) is 29.2 Å². The Labute approximate surface area is 208 Å². The minimum Gasteiger partial charge on any atom is -0.429 e. The van der Waals surface area contributed by atoms with Crippen molar-refractivity contribution in [3.63, 3.8) is 0 Å². The molecule has 0 N–H and O–H groups in total. The zero-order valence-corrected chi connectivity index (χ0v) is 19.7. The summed E-state index contributed by atoms with van der Waals surface area (Å²) in [5, 5.41) is 0.330. The zero-order valence-electron chi connectivity index (χ0n) is 19.0. The zero-order chi connectivity index (χ0) is 26.0. The molecule has 4 rings (SSSR count). The Kier molecular flexibility index (Phi) is 7.82. The van der Waals surface area contributed by atoms with Gasteiger partial charge in [-0.3, -0.25) is 0 Å². The number of hydrogen-bond acceptors (Lipinski definition) is 3. The molecule has 1 fully saturated rings. The van der Waals surface area contributed by atoms with Crippen LogP contribution in [0.15, 0.2) is 48.5 Å². The molecule has 0 bridgehead atoms. The Balaban J connectivity index is 1.56. The van der Waals surface area contributed by atoms with Gasteiger partial charge in [0.05, 0.1) is 18.8 Å². The van der Waals surface area contributed by atoms with Crippen molar-refractivity contribution < 1.29 is 40.6 Å². The number of rotatable bonds is 7. The lowest BCUT2D eigenvalue weighted by Crippen LogP contribution is -2.28. The Morgan fingerprint density at radius 1 is 0.889 bits per heavy atom. The van der Waals surface area contributed by atoms with Crippen LogP contribution in [0.4, 0.5) is 26.3 Å². The summed E-state index contributed by atoms with van der Waals surface area (Å²) in [6.45, 7) is 2.59. The average Bonchev–Trinajstić information content (AvgIpc) is 2.79. The smallest absolute Gasteiger partial charge is 0.429 e. The molecule has 0 spiro atoms. The average molecular weight is 531 g/mol. The second-order valence-corrected chi connectivity index (χ2v) is 8.84. The van der Waals surface area contributed by atoms with Crippen molar-refractivity contribution in [2.75, 3.05) is 13.2 Å². The van der Waals surface area contributed by atoms with E-state index in [1.165, 1.54) is 24.3 Å². The maximum Gasteiger partial charge on any atom is 0.432 e. The van der Waals surface area contributed by atoms with Crippen LogP contribution in [0.25, 0.3) is 11.1 Å². The molecule has 0 aliphatic carbocycles. The molecular weight excluding hydrogens is 510 g/mol. The monoisotopic (exact) mass is 530 g/mol. The van der Waals surface area contributed by atoms with E-state index in [1.807, 2.05) is 6.92 Å². The van der Waals surface area contributed by atoms with E-state index in [9.17, 15) is 26.3 Å². The summed E-state index contributed by atoms with van der Waals surface area (Å²) in [4.78, 5) is 0. The third kappa shape index (κ3) is 5.63. The largest absolute Gasteiger partial charge is 0.432 e. The van der Waals surface area contributed by atoms with Gasteiger partial charge in [0, 0.05) is 28.6 Å². The first kappa shape index (κ1) is 26.3. The third-order valence-corrected chi connectivity index (χ3v) is 5.94. The van der Waals surface area contributed by atoms with Gasteiger partial charge in [-0.15, -0.1) is 0 Å². The number of ether oxygens (including phenoxy) is 3. The molecule has 192 valence electrons. The van der Waals surface area contributed by atoms with Gasteiger partial charge in [-0.2, -0.15) is 8.78 Å². The highest BCUT2D eigenvalue weighted by molar-refractivity contribution is 6.30. The quantitative estimate of drug-likeness (QED) is 0.288. The van der Waals surface area contributed by atoms with Crippen LogP contribution in [0.3, 0.4) is 0 Å². The summed E-state index contributed by atoms with van der Waals surface area (Å²) >= 11 is 5.77. The normalized spacial score (nSPS) is 18.3. The first-order valence-electron chi connectivity index (χ1n) is 11.1. The van der Waals surface area contributed by atoms with E-state index in [4.69, 9.17) is 21.1 Å². The van der Waals surface area contributed by atoms with E-state index in [-0.39, 0.29) is 17.0 Å². The van der Waals surface area contributed by atoms with Crippen molar-refractivity contribution in [3.05, 3.63) is 87.9 Å². The van der Waals surface area contributed by atoms with Gasteiger partial charge in [0.1, 0.15) is 34.6 Å². The second-order valence-electron chi connectivity index (χ2n) is 8.40. The molecule has 0 aromatic heterocycles. The lowest BCUT2D eigenvalue weighted by Gasteiger charge is -2.30. The van der Waals surface area contributed by atoms with Crippen molar-refractivity contribution in [2.24, 2.45) is 5.92 Å². The Morgan fingerprint density at radius 2 is 1.44 bits per heavy atom. The van der Waals surface area contributed by atoms with E-state index in [0.717, 1.165) is 12.8 Å². The molecular formula is C26H21ClF6O3. The van der Waals surface area contributed by atoms with E-state index in [2.05, 4.69) is 4.74 Å². The standard InChI is InChI=1S/C26H21ClF6O3/c1-2-3-14-12-34-25(35-13-14)16-8-21(30)24(22(31)9-16)26(32,33)36-18-10-19(28)23(20(29)11-18)15-4-6-17(27)7-5-15/h4-11,14,25H,2-3,12-13H2,1H3. The summed E-state index contributed by atoms with van der Waals surface area (Å²) in [7, 11) is 0. The lowest BCUT2D eigenvalue weighted by atomic mass is 10.0. The molecule has 1 aliphatic heterocycles. The number of halogens is 7. The molecule has 10 heteroatoms. The summed E-state index contributed by atoms with van der Waals surface area (Å²) in [5.74, 6) is -6.52. The van der Waals surface area contributed by atoms with Crippen LogP contribution in [-0.2, 0) is 15.6 Å². The first-order chi connectivity index (χ1) is 17.1. The van der Waals surface area contributed by atoms with Crippen LogP contribution >= 0.6 is 11.6 Å². The molecule has 1 saturated heterocycles. The fourth-order valence-electron chi connectivity index (χ4n) is 4.02. The lowest BCUT2D eigenvalue weighted by molar-refractivity contribution is -0.206. The number of alkyl halides is 2. The van der Waals surface area contributed by atoms with Crippen molar-refractivity contribution in [1.82, 2.24) is 0 Å². The fourth-order valence-corrected chi connectivity index (χ4v) is 4.14. The molecule has 3 nitrogen and oxygen atoms in total. The predicted octanol–water partition coefficient (Wildman–Crippen LogP) is 8.15. The van der Waals surface area contributed by atoms with E-state index < -0.39 is 52.5 Å². The van der Waals surface area contributed by atoms with Gasteiger partial charge in [0.15, 0.2) is 6.29 Å². The van der Waals surface area contributed by atoms with Crippen LogP contribution in [0.1, 0.15) is 37.2 Å². The summed E-state index contributed by atoms with van der Waals surface area (Å²) in [6.07, 6.45) is -3.95. The Morgan fingerprint density at radius 3 is 1.97 bits per heavy atom. The molecule has 1 aliphatic rings. The van der Waals surface area contributed by atoms with Gasteiger partial charge in [-0.05, 0) is 36.2 Å². The highest BCUT2D eigenvalue weighted by Crippen LogP contribution is 2.39. The predicted molar refractivity (Wildman–Crippen MR) is 121 cm³/mol. The number of hydrogen-bond donors (Lipinski definition) is 0. The first-order valence-corrected chi connectivity index (χ1v) is 11.5. The van der Waals surface area contributed by atoms with E-state index >= 15 is 0 Å². The van der Waals surface area contributed by atoms with Crippen molar-refractivity contribution in [2.45, 2.75) is 32.2 Å². The van der Waals surface area contributed by atoms with Crippen molar-refractivity contribution >= 4 is 11.6 Å². The van der Waals surface area contributed by atoms with Gasteiger partial charge in [-0.25, -0.2) is 17.6 Å². The molecule has 0 unspecified atom stereocenters. The van der Waals surface area contributed by atoms with Crippen LogP contribution in [0.2, 0.25) is 5.02 Å². The molecule has 0 atom stereocenters. The fraction of sp³-hybridized carbons (Fsp3) is 0.308. The molecule has 3 aromatic carbocycles. The molecule has 0 radical (unpaired) electrons. The van der Waals surface area contributed by atoms with Gasteiger partial charge < -0.3 is 14.2 Å². The van der Waals surface area contributed by atoms with Crippen molar-refractivity contribution in [1.29, 1.82) is 0 Å². The van der Waals surface area contributed by atoms with E-state index in [0.29, 0.717) is 42.5 Å². The molecule has 3 aromatic rings. The highest BCUT2D eigenvalue weighted by Gasteiger charge is 2.42. The van der Waals surface area contributed by atoms with Gasteiger partial charge in [0.25, 0.3) is 0 Å². The molecule has 0 amide bonds. The topological polar surface area (TPSA) is 27.7 Å². The van der Waals surface area contributed by atoms with Crippen LogP contribution < -0.4 is 4.74 Å². The maximum atomic E-state index is 14.8. The Hall–Kier alpha value is -2.75. The molecule has 1 heterocycles. The maximum absolute atomic E-state index is 14.8. The number of benzene rings is 3. The Bertz CT molecular complexity index is 1180. The highest BCUT2D eigenvalue weighted by atomic mass is 35.5. The summed E-state index contributed by atoms with van der Waals surface area (Å²) in [6, 6.07) is 7.80. The van der Waals surface area contributed by atoms with Gasteiger partial charge in [-0.1, -0.05) is 37.1 Å².